The number of hydrogen-bond donors (Lipinski definition) is 3. The quantitative estimate of drug-likeness (QED) is 0.724. The number of aliphatic hydroxyl groups is 2. The molecule has 0 spiro atoms. The van der Waals surface area contributed by atoms with Gasteiger partial charge in [0.25, 0.3) is 0 Å². The van der Waals surface area contributed by atoms with Crippen molar-refractivity contribution in [2.24, 2.45) is 0 Å². The van der Waals surface area contributed by atoms with Gasteiger partial charge in [-0.1, -0.05) is 29.8 Å². The Labute approximate surface area is 131 Å². The fourth-order valence-electron chi connectivity index (χ4n) is 1.60. The minimum absolute atomic E-state index is 0.0111. The fraction of sp³-hybridized carbons (Fsp3) is 0.500. The zero-order valence-corrected chi connectivity index (χ0v) is 13.5. The van der Waals surface area contributed by atoms with Gasteiger partial charge in [-0.15, -0.1) is 0 Å². The van der Waals surface area contributed by atoms with Gasteiger partial charge in [0.15, 0.2) is 0 Å². The molecule has 0 saturated carbocycles. The third kappa shape index (κ3) is 7.48. The summed E-state index contributed by atoms with van der Waals surface area (Å²) in [6.45, 7) is 6.73. The second-order valence-electron chi connectivity index (χ2n) is 5.87. The summed E-state index contributed by atoms with van der Waals surface area (Å²) in [6.07, 6.45) is 2.81. The number of halogens is 1. The van der Waals surface area contributed by atoms with Gasteiger partial charge < -0.3 is 20.3 Å². The molecule has 0 bridgehead atoms. The van der Waals surface area contributed by atoms with Gasteiger partial charge in [0.1, 0.15) is 18.5 Å². The average Bonchev–Trinajstić information content (AvgIpc) is 2.41. The normalized spacial score (nSPS) is 13.6. The monoisotopic (exact) mass is 313 g/mol. The largest absolute Gasteiger partial charge is 0.489 e. The Kier molecular flexibility index (Phi) is 7.18. The maximum Gasteiger partial charge on any atom is 0.138 e. The summed E-state index contributed by atoms with van der Waals surface area (Å²) in [5, 5.41) is 22.3. The Balaban J connectivity index is 2.50. The van der Waals surface area contributed by atoms with Crippen LogP contribution in [0, 0.1) is 0 Å². The number of nitrogens with one attached hydrogen (secondary N) is 1. The van der Waals surface area contributed by atoms with Crippen LogP contribution in [0.2, 0.25) is 5.02 Å². The molecule has 118 valence electrons. The number of benzene rings is 1. The van der Waals surface area contributed by atoms with E-state index in [1.165, 1.54) is 0 Å². The molecule has 5 heteroatoms. The maximum atomic E-state index is 9.87. The van der Waals surface area contributed by atoms with Crippen LogP contribution in [0.15, 0.2) is 24.3 Å². The summed E-state index contributed by atoms with van der Waals surface area (Å²) in [6, 6.07) is 5.35. The lowest BCUT2D eigenvalue weighted by Gasteiger charge is -2.23. The molecule has 3 N–H and O–H groups in total. The minimum Gasteiger partial charge on any atom is -0.489 e. The zero-order valence-electron chi connectivity index (χ0n) is 12.8. The molecule has 0 radical (unpaired) electrons. The van der Waals surface area contributed by atoms with Crippen LogP contribution in [0.4, 0.5) is 0 Å². The lowest BCUT2D eigenvalue weighted by Crippen LogP contribution is -2.42. The van der Waals surface area contributed by atoms with Crippen molar-refractivity contribution in [3.63, 3.8) is 0 Å². The molecule has 0 amide bonds. The Hall–Kier alpha value is -1.07. The van der Waals surface area contributed by atoms with E-state index in [1.54, 1.807) is 24.3 Å². The van der Waals surface area contributed by atoms with Gasteiger partial charge in [-0.3, -0.25) is 0 Å². The van der Waals surface area contributed by atoms with Crippen molar-refractivity contribution in [1.82, 2.24) is 5.32 Å². The van der Waals surface area contributed by atoms with E-state index in [4.69, 9.17) is 21.4 Å². The van der Waals surface area contributed by atoms with E-state index < -0.39 is 6.10 Å². The van der Waals surface area contributed by atoms with Crippen molar-refractivity contribution in [2.75, 3.05) is 19.8 Å². The van der Waals surface area contributed by atoms with Crippen molar-refractivity contribution in [3.05, 3.63) is 34.9 Å². The van der Waals surface area contributed by atoms with Gasteiger partial charge in [0.2, 0.25) is 0 Å². The lowest BCUT2D eigenvalue weighted by molar-refractivity contribution is 0.100. The first-order valence-electron chi connectivity index (χ1n) is 6.94. The molecular formula is C16H24ClNO3. The molecule has 1 unspecified atom stereocenters. The number of hydrogen-bond acceptors (Lipinski definition) is 4. The van der Waals surface area contributed by atoms with Gasteiger partial charge in [-0.25, -0.2) is 0 Å². The number of rotatable bonds is 7. The van der Waals surface area contributed by atoms with E-state index in [1.807, 2.05) is 26.8 Å². The Morgan fingerprint density at radius 1 is 1.38 bits per heavy atom. The molecule has 1 aromatic rings. The summed E-state index contributed by atoms with van der Waals surface area (Å²) < 4.78 is 5.53. The molecule has 4 nitrogen and oxygen atoms in total. The van der Waals surface area contributed by atoms with Gasteiger partial charge in [-0.2, -0.15) is 0 Å². The third-order valence-electron chi connectivity index (χ3n) is 2.67. The second kappa shape index (κ2) is 8.39. The van der Waals surface area contributed by atoms with Crippen molar-refractivity contribution in [1.29, 1.82) is 0 Å². The molecule has 0 aromatic heterocycles. The summed E-state index contributed by atoms with van der Waals surface area (Å²) in [5.41, 5.74) is 0.843. The van der Waals surface area contributed by atoms with Crippen LogP contribution in [-0.2, 0) is 0 Å². The zero-order chi connectivity index (χ0) is 15.9. The average molecular weight is 314 g/mol. The first-order chi connectivity index (χ1) is 9.81. The smallest absolute Gasteiger partial charge is 0.138 e. The van der Waals surface area contributed by atoms with Gasteiger partial charge >= 0.3 is 0 Å². The number of aliphatic hydroxyl groups excluding tert-OH is 2. The van der Waals surface area contributed by atoms with E-state index >= 15 is 0 Å². The van der Waals surface area contributed by atoms with Crippen molar-refractivity contribution >= 4 is 17.7 Å². The predicted octanol–water partition coefficient (Wildman–Crippen LogP) is 2.47. The van der Waals surface area contributed by atoms with Crippen LogP contribution >= 0.6 is 11.6 Å². The highest BCUT2D eigenvalue weighted by atomic mass is 35.5. The number of β-amino-alcohol motifs (C(OH)–C–C–N with tert-alkyl or cyclic N) is 1. The van der Waals surface area contributed by atoms with Crippen molar-refractivity contribution in [2.45, 2.75) is 32.4 Å². The highest BCUT2D eigenvalue weighted by Crippen LogP contribution is 2.26. The summed E-state index contributed by atoms with van der Waals surface area (Å²) in [5.74, 6) is 0.535. The summed E-state index contributed by atoms with van der Waals surface area (Å²) in [4.78, 5) is 0. The number of ether oxygens (including phenoxy) is 1. The van der Waals surface area contributed by atoms with Crippen molar-refractivity contribution < 1.29 is 14.9 Å². The lowest BCUT2D eigenvalue weighted by atomic mass is 10.1. The van der Waals surface area contributed by atoms with Gasteiger partial charge in [0.05, 0.1) is 11.6 Å². The first kappa shape index (κ1) is 18.0. The van der Waals surface area contributed by atoms with Gasteiger partial charge in [-0.05, 0) is 38.5 Å². The third-order valence-corrected chi connectivity index (χ3v) is 2.97. The van der Waals surface area contributed by atoms with Crippen LogP contribution in [0.25, 0.3) is 6.08 Å². The van der Waals surface area contributed by atoms with Crippen LogP contribution in [0.3, 0.4) is 0 Å². The van der Waals surface area contributed by atoms with Crippen LogP contribution in [0.5, 0.6) is 5.75 Å². The molecule has 1 aromatic carbocycles. The summed E-state index contributed by atoms with van der Waals surface area (Å²) in [7, 11) is 0. The Morgan fingerprint density at radius 2 is 2.10 bits per heavy atom. The molecule has 0 aliphatic rings. The van der Waals surface area contributed by atoms with E-state index in [9.17, 15) is 5.11 Å². The molecule has 0 aliphatic carbocycles. The van der Waals surface area contributed by atoms with E-state index in [0.29, 0.717) is 17.3 Å². The van der Waals surface area contributed by atoms with Crippen LogP contribution in [0.1, 0.15) is 26.3 Å². The summed E-state index contributed by atoms with van der Waals surface area (Å²) >= 11 is 6.12. The molecule has 1 rings (SSSR count). The maximum absolute atomic E-state index is 9.87. The van der Waals surface area contributed by atoms with Crippen LogP contribution < -0.4 is 10.1 Å². The highest BCUT2D eigenvalue weighted by molar-refractivity contribution is 6.32. The van der Waals surface area contributed by atoms with E-state index in [0.717, 1.165) is 5.56 Å². The molecule has 21 heavy (non-hydrogen) atoms. The second-order valence-corrected chi connectivity index (χ2v) is 6.28. The molecule has 0 saturated heterocycles. The standard InChI is InChI=1S/C16H24ClNO3/c1-16(2,3)18-10-13(20)11-21-15-7-6-12(5-4-8-19)9-14(15)17/h4-7,9,13,18-20H,8,10-11H2,1-3H3/b5-4+. The SMILES string of the molecule is CC(C)(C)NCC(O)COc1ccc(/C=C/CO)cc1Cl. The van der Waals surface area contributed by atoms with Crippen molar-refractivity contribution in [3.8, 4) is 5.75 Å². The van der Waals surface area contributed by atoms with Crippen LogP contribution in [-0.4, -0.2) is 41.6 Å². The Morgan fingerprint density at radius 3 is 2.67 bits per heavy atom. The van der Waals surface area contributed by atoms with E-state index in [-0.39, 0.29) is 18.8 Å². The van der Waals surface area contributed by atoms with Gasteiger partial charge in [0, 0.05) is 12.1 Å². The Bertz CT molecular complexity index is 469. The molecule has 0 aliphatic heterocycles. The first-order valence-corrected chi connectivity index (χ1v) is 7.32. The molecule has 0 fully saturated rings. The minimum atomic E-state index is -0.603. The molecular weight excluding hydrogens is 290 g/mol. The predicted molar refractivity (Wildman–Crippen MR) is 86.8 cm³/mol. The molecule has 0 heterocycles. The van der Waals surface area contributed by atoms with E-state index in [2.05, 4.69) is 5.32 Å². The molecule has 1 atom stereocenters. The topological polar surface area (TPSA) is 61.7 Å². The highest BCUT2D eigenvalue weighted by Gasteiger charge is 2.13. The fourth-order valence-corrected chi connectivity index (χ4v) is 1.84.